The number of carbonyl (C=O) groups excluding carboxylic acids is 9. The minimum absolute atomic E-state index is 0.0616. The van der Waals surface area contributed by atoms with Gasteiger partial charge in [-0.2, -0.15) is 0 Å². The number of unbranched alkanes of at least 4 members (excludes halogenated alkanes) is 3. The van der Waals surface area contributed by atoms with Crippen LogP contribution in [0, 0.1) is 17.8 Å². The van der Waals surface area contributed by atoms with E-state index in [1.165, 1.54) is 0 Å². The fourth-order valence-electron chi connectivity index (χ4n) is 13.2. The van der Waals surface area contributed by atoms with Crippen molar-refractivity contribution in [1.29, 1.82) is 0 Å². The normalized spacial score (nSPS) is 20.6. The zero-order valence-corrected chi connectivity index (χ0v) is 54.9. The van der Waals surface area contributed by atoms with E-state index in [4.69, 9.17) is 28.7 Å². The largest absolute Gasteiger partial charge is 0.370 e. The van der Waals surface area contributed by atoms with Crippen molar-refractivity contribution in [2.75, 3.05) is 19.6 Å². The van der Waals surface area contributed by atoms with Gasteiger partial charge in [-0.25, -0.2) is 14.4 Å². The van der Waals surface area contributed by atoms with Crippen LogP contribution in [-0.4, -0.2) is 128 Å². The van der Waals surface area contributed by atoms with E-state index in [2.05, 4.69) is 58.5 Å². The van der Waals surface area contributed by atoms with E-state index >= 15 is 0 Å². The van der Waals surface area contributed by atoms with Crippen LogP contribution in [-0.2, 0) is 48.0 Å². The van der Waals surface area contributed by atoms with Gasteiger partial charge in [-0.1, -0.05) is 149 Å². The van der Waals surface area contributed by atoms with Crippen LogP contribution < -0.4 is 87.2 Å². The second-order valence-corrected chi connectivity index (χ2v) is 25.8. The van der Waals surface area contributed by atoms with Crippen LogP contribution in [0.4, 0.5) is 14.4 Å². The molecule has 3 aromatic carbocycles. The fraction of sp³-hybridized carbons (Fsp3) is 0.609. The van der Waals surface area contributed by atoms with Crippen molar-refractivity contribution >= 4 is 53.5 Å². The number of hydrogen-bond acceptors (Lipinski definition) is 13. The molecule has 0 aromatic heterocycles. The molecule has 12 atom stereocenters. The van der Waals surface area contributed by atoms with Crippen LogP contribution in [0.15, 0.2) is 91.0 Å². The Morgan fingerprint density at radius 2 is 0.681 bits per heavy atom. The van der Waals surface area contributed by atoms with Gasteiger partial charge in [-0.05, 0) is 113 Å². The first kappa shape index (κ1) is 75.2. The third-order valence-corrected chi connectivity index (χ3v) is 18.1. The molecule has 0 saturated heterocycles. The van der Waals surface area contributed by atoms with E-state index in [1.54, 1.807) is 0 Å². The van der Waals surface area contributed by atoms with Crippen molar-refractivity contribution in [3.05, 3.63) is 108 Å². The molecule has 0 bridgehead atoms. The van der Waals surface area contributed by atoms with E-state index in [0.717, 1.165) is 61.6 Å². The molecule has 0 unspecified atom stereocenters. The molecule has 3 fully saturated rings. The number of hydrogen-bond donors (Lipinski definition) is 16. The van der Waals surface area contributed by atoms with E-state index < -0.39 is 84.5 Å². The Bertz CT molecular complexity index is 2810. The molecule has 518 valence electrons. The molecule has 3 aliphatic rings. The molecular formula is C69H108N16O9. The van der Waals surface area contributed by atoms with Crippen molar-refractivity contribution in [3.8, 4) is 0 Å². The Labute approximate surface area is 554 Å². The summed E-state index contributed by atoms with van der Waals surface area (Å²) >= 11 is 0. The quantitative estimate of drug-likeness (QED) is 0.0286. The minimum atomic E-state index is -0.915. The summed E-state index contributed by atoms with van der Waals surface area (Å²) in [5.74, 6) is -3.86. The third kappa shape index (κ3) is 28.0. The molecule has 0 radical (unpaired) electrons. The second kappa shape index (κ2) is 41.8. The van der Waals surface area contributed by atoms with Crippen molar-refractivity contribution < 1.29 is 43.2 Å². The van der Waals surface area contributed by atoms with Crippen molar-refractivity contribution in [2.24, 2.45) is 46.4 Å². The van der Waals surface area contributed by atoms with Gasteiger partial charge in [0.2, 0.25) is 35.4 Å². The molecule has 21 N–H and O–H groups in total. The van der Waals surface area contributed by atoms with Crippen molar-refractivity contribution in [2.45, 2.75) is 228 Å². The van der Waals surface area contributed by atoms with Gasteiger partial charge < -0.3 is 87.2 Å². The third-order valence-electron chi connectivity index (χ3n) is 18.1. The highest BCUT2D eigenvalue weighted by atomic mass is 16.2. The predicted octanol–water partition coefficient (Wildman–Crippen LogP) is 3.95. The van der Waals surface area contributed by atoms with Crippen LogP contribution in [0.1, 0.15) is 171 Å². The number of primary amides is 1. The van der Waals surface area contributed by atoms with Crippen LogP contribution in [0.25, 0.3) is 0 Å². The van der Waals surface area contributed by atoms with E-state index in [9.17, 15) is 43.2 Å². The second-order valence-electron chi connectivity index (χ2n) is 25.8. The Morgan fingerprint density at radius 3 is 1.01 bits per heavy atom. The van der Waals surface area contributed by atoms with Gasteiger partial charge in [0.15, 0.2) is 0 Å². The molecule has 3 aromatic rings. The summed E-state index contributed by atoms with van der Waals surface area (Å²) in [5.41, 5.74) is 31.9. The molecule has 0 heterocycles. The standard InChI is InChI=1S/C69H108N16O9/c70-37-19-16-28-49(43-58(74)86)75-67(92)84-60(41-47-24-6-2-7-25-47)81-65(90)53-32-11-14-35-56(53)78-63(88)45-51(30-18-21-39-72)77-69(94)85-61(42-48-26-8-3-9-27-48)82-66(91)54-33-12-15-36-57(54)79-62(87)44-50(29-17-20-38-71)76-68(93)83-59(40-46-22-4-1-5-23-46)80-64(89)52-31-10-13-34-55(52)73/h1-9,22-27,49-57,59-61H,10-21,28-45,70-73H2,(H2,74,86)(H,78,88)(H,79,87)(H,80,89)(H,81,90)(H,82,91)(H2,75,84,92)(H2,76,83,93)(H2,77,85,94)/t49-,50-,51-,52-,53-,54-,55-,56-,57-,59+,60+,61+/m0/s1. The first-order valence-corrected chi connectivity index (χ1v) is 34.5. The first-order chi connectivity index (χ1) is 45.5. The topological polar surface area (TPSA) is 416 Å². The maximum Gasteiger partial charge on any atom is 0.316 e. The smallest absolute Gasteiger partial charge is 0.316 e. The van der Waals surface area contributed by atoms with Gasteiger partial charge in [0.25, 0.3) is 0 Å². The van der Waals surface area contributed by atoms with Crippen molar-refractivity contribution in [1.82, 2.24) is 58.5 Å². The Hall–Kier alpha value is -7.87. The molecule has 6 rings (SSSR count). The summed E-state index contributed by atoms with van der Waals surface area (Å²) < 4.78 is 0. The lowest BCUT2D eigenvalue weighted by atomic mass is 9.83. The maximum atomic E-state index is 14.6. The number of carbonyl (C=O) groups is 9. The summed E-state index contributed by atoms with van der Waals surface area (Å²) in [6.45, 7) is 1.30. The molecule has 0 spiro atoms. The summed E-state index contributed by atoms with van der Waals surface area (Å²) in [7, 11) is 0. The lowest BCUT2D eigenvalue weighted by molar-refractivity contribution is -0.130. The van der Waals surface area contributed by atoms with Gasteiger partial charge in [0.05, 0.1) is 17.8 Å². The Balaban J connectivity index is 1.08. The van der Waals surface area contributed by atoms with E-state index in [1.807, 2.05) is 91.0 Å². The molecule has 25 heteroatoms. The molecule has 3 aliphatic carbocycles. The molecule has 0 aliphatic heterocycles. The van der Waals surface area contributed by atoms with E-state index in [0.29, 0.717) is 116 Å². The lowest BCUT2D eigenvalue weighted by Crippen LogP contribution is -2.58. The van der Waals surface area contributed by atoms with Gasteiger partial charge in [0, 0.05) is 74.8 Å². The summed E-state index contributed by atoms with van der Waals surface area (Å²) in [4.78, 5) is 124. The predicted molar refractivity (Wildman–Crippen MR) is 362 cm³/mol. The highest BCUT2D eigenvalue weighted by Crippen LogP contribution is 2.28. The monoisotopic (exact) mass is 1300 g/mol. The number of nitrogens with one attached hydrogen (secondary N) is 11. The van der Waals surface area contributed by atoms with Gasteiger partial charge in [0.1, 0.15) is 18.5 Å². The van der Waals surface area contributed by atoms with Crippen molar-refractivity contribution in [3.63, 3.8) is 0 Å². The number of benzene rings is 3. The van der Waals surface area contributed by atoms with Gasteiger partial charge >= 0.3 is 18.1 Å². The Kier molecular flexibility index (Phi) is 33.4. The van der Waals surface area contributed by atoms with E-state index in [-0.39, 0.29) is 73.6 Å². The zero-order valence-electron chi connectivity index (χ0n) is 54.9. The summed E-state index contributed by atoms with van der Waals surface area (Å²) in [5, 5.41) is 33.0. The molecule has 3 saturated carbocycles. The summed E-state index contributed by atoms with van der Waals surface area (Å²) in [6.07, 6.45) is 11.6. The van der Waals surface area contributed by atoms with Crippen LogP contribution in [0.3, 0.4) is 0 Å². The lowest BCUT2D eigenvalue weighted by Gasteiger charge is -2.33. The van der Waals surface area contributed by atoms with Gasteiger partial charge in [-0.15, -0.1) is 0 Å². The molecule has 25 nitrogen and oxygen atoms in total. The van der Waals surface area contributed by atoms with Crippen LogP contribution in [0.2, 0.25) is 0 Å². The average Bonchev–Trinajstić information content (AvgIpc) is 1.31. The number of nitrogens with two attached hydrogens (primary N) is 5. The highest BCUT2D eigenvalue weighted by molar-refractivity contribution is 5.86. The number of urea groups is 3. The summed E-state index contributed by atoms with van der Waals surface area (Å²) in [6, 6.07) is 23.3. The van der Waals surface area contributed by atoms with Crippen LogP contribution >= 0.6 is 0 Å². The highest BCUT2D eigenvalue weighted by Gasteiger charge is 2.37. The SMILES string of the molecule is NCCCC[C@@H](CC(N)=O)NC(=O)N[C@H](Cc1ccccc1)NC(=O)[C@H]1CCCC[C@@H]1NC(=O)C[C@H](CCCCN)NC(=O)N[C@H](Cc1ccccc1)NC(=O)[C@H]1CCCC[C@@H]1NC(=O)C[C@H](CCCCN)NC(=O)N[C@H](Cc1ccccc1)NC(=O)[C@H]1CCCC[C@@H]1N. The van der Waals surface area contributed by atoms with Gasteiger partial charge in [-0.3, -0.25) is 28.8 Å². The average molecular weight is 1310 g/mol. The number of amides is 12. The number of rotatable bonds is 38. The maximum absolute atomic E-state index is 14.6. The minimum Gasteiger partial charge on any atom is -0.370 e. The zero-order chi connectivity index (χ0) is 67.5. The van der Waals surface area contributed by atoms with Crippen LogP contribution in [0.5, 0.6) is 0 Å². The fourth-order valence-corrected chi connectivity index (χ4v) is 13.2. The molecular weight excluding hydrogens is 1200 g/mol. The first-order valence-electron chi connectivity index (χ1n) is 34.5. The molecule has 94 heavy (non-hydrogen) atoms. The Morgan fingerprint density at radius 1 is 0.372 bits per heavy atom. The molecule has 12 amide bonds.